The van der Waals surface area contributed by atoms with Crippen LogP contribution in [0.25, 0.3) is 11.0 Å². The zero-order valence-electron chi connectivity index (χ0n) is 12.6. The molecule has 0 radical (unpaired) electrons. The molecule has 2 aromatic carbocycles. The van der Waals surface area contributed by atoms with E-state index in [1.807, 2.05) is 19.9 Å². The molecule has 0 fully saturated rings. The van der Waals surface area contributed by atoms with Crippen LogP contribution in [0.5, 0.6) is 5.75 Å². The standard InChI is InChI=1S/C18H13BrO4/c1-10-5-11(2)7-14(6-10)22-17(20)15-9-12-8-13(19)3-4-16(12)23-18(15)21/h3-9H,1-2H3. The SMILES string of the molecule is Cc1cc(C)cc(OC(=O)c2cc3cc(Br)ccc3oc2=O)c1. The van der Waals surface area contributed by atoms with Crippen molar-refractivity contribution in [3.05, 3.63) is 74.0 Å². The summed E-state index contributed by atoms with van der Waals surface area (Å²) < 4.78 is 11.3. The second-order valence-electron chi connectivity index (χ2n) is 5.34. The first-order chi connectivity index (χ1) is 10.9. The zero-order valence-corrected chi connectivity index (χ0v) is 14.1. The summed E-state index contributed by atoms with van der Waals surface area (Å²) in [6.07, 6.45) is 0. The number of carbonyl (C=O) groups is 1. The molecule has 0 aliphatic heterocycles. The van der Waals surface area contributed by atoms with Gasteiger partial charge in [0, 0.05) is 9.86 Å². The number of esters is 1. The van der Waals surface area contributed by atoms with Gasteiger partial charge in [-0.05, 0) is 61.4 Å². The molecule has 0 bridgehead atoms. The van der Waals surface area contributed by atoms with Crippen LogP contribution in [-0.2, 0) is 0 Å². The molecule has 0 amide bonds. The fourth-order valence-corrected chi connectivity index (χ4v) is 2.77. The van der Waals surface area contributed by atoms with E-state index in [2.05, 4.69) is 15.9 Å². The van der Waals surface area contributed by atoms with Crippen LogP contribution in [0.3, 0.4) is 0 Å². The molecule has 4 nitrogen and oxygen atoms in total. The minimum atomic E-state index is -0.731. The number of carbonyl (C=O) groups excluding carboxylic acids is 1. The second-order valence-corrected chi connectivity index (χ2v) is 6.26. The van der Waals surface area contributed by atoms with Crippen molar-refractivity contribution in [2.24, 2.45) is 0 Å². The minimum absolute atomic E-state index is 0.130. The number of hydrogen-bond acceptors (Lipinski definition) is 4. The van der Waals surface area contributed by atoms with Gasteiger partial charge in [0.25, 0.3) is 0 Å². The van der Waals surface area contributed by atoms with Crippen LogP contribution in [0.2, 0.25) is 0 Å². The molecule has 23 heavy (non-hydrogen) atoms. The van der Waals surface area contributed by atoms with Gasteiger partial charge in [-0.2, -0.15) is 0 Å². The fourth-order valence-electron chi connectivity index (χ4n) is 2.39. The van der Waals surface area contributed by atoms with Crippen molar-refractivity contribution in [3.8, 4) is 5.75 Å². The van der Waals surface area contributed by atoms with E-state index in [-0.39, 0.29) is 5.56 Å². The molecule has 1 aromatic heterocycles. The predicted molar refractivity (Wildman–Crippen MR) is 91.1 cm³/mol. The lowest BCUT2D eigenvalue weighted by atomic mass is 10.1. The highest BCUT2D eigenvalue weighted by molar-refractivity contribution is 9.10. The summed E-state index contributed by atoms with van der Waals surface area (Å²) in [5.41, 5.74) is 1.52. The maximum Gasteiger partial charge on any atom is 0.351 e. The van der Waals surface area contributed by atoms with Crippen LogP contribution in [-0.4, -0.2) is 5.97 Å². The third-order valence-electron chi connectivity index (χ3n) is 3.32. The number of aryl methyl sites for hydroxylation is 2. The number of fused-ring (bicyclic) bond motifs is 1. The quantitative estimate of drug-likeness (QED) is 0.380. The van der Waals surface area contributed by atoms with Crippen LogP contribution >= 0.6 is 15.9 Å². The molecule has 0 aliphatic carbocycles. The molecule has 3 aromatic rings. The number of ether oxygens (including phenoxy) is 1. The highest BCUT2D eigenvalue weighted by Gasteiger charge is 2.16. The van der Waals surface area contributed by atoms with Crippen molar-refractivity contribution >= 4 is 32.9 Å². The van der Waals surface area contributed by atoms with Crippen LogP contribution < -0.4 is 10.4 Å². The van der Waals surface area contributed by atoms with Crippen LogP contribution in [0, 0.1) is 13.8 Å². The van der Waals surface area contributed by atoms with E-state index in [1.54, 1.807) is 30.3 Å². The maximum absolute atomic E-state index is 12.3. The van der Waals surface area contributed by atoms with Crippen molar-refractivity contribution < 1.29 is 13.9 Å². The summed E-state index contributed by atoms with van der Waals surface area (Å²) >= 11 is 3.35. The number of rotatable bonds is 2. The third kappa shape index (κ3) is 3.35. The van der Waals surface area contributed by atoms with Crippen molar-refractivity contribution in [2.45, 2.75) is 13.8 Å². The van der Waals surface area contributed by atoms with E-state index in [0.717, 1.165) is 15.6 Å². The number of benzene rings is 2. The first-order valence-electron chi connectivity index (χ1n) is 6.96. The van der Waals surface area contributed by atoms with Crippen molar-refractivity contribution in [3.63, 3.8) is 0 Å². The second kappa shape index (κ2) is 6.01. The Balaban J connectivity index is 2.00. The summed E-state index contributed by atoms with van der Waals surface area (Å²) in [6, 6.07) is 12.1. The minimum Gasteiger partial charge on any atom is -0.423 e. The molecule has 3 rings (SSSR count). The topological polar surface area (TPSA) is 56.5 Å². The summed E-state index contributed by atoms with van der Waals surface area (Å²) in [6.45, 7) is 3.82. The van der Waals surface area contributed by atoms with Crippen molar-refractivity contribution in [1.29, 1.82) is 0 Å². The van der Waals surface area contributed by atoms with Gasteiger partial charge in [-0.25, -0.2) is 9.59 Å². The molecule has 0 atom stereocenters. The van der Waals surface area contributed by atoms with Crippen LogP contribution in [0.15, 0.2) is 56.1 Å². The highest BCUT2D eigenvalue weighted by atomic mass is 79.9. The summed E-state index contributed by atoms with van der Waals surface area (Å²) in [5, 5.41) is 0.645. The van der Waals surface area contributed by atoms with E-state index in [9.17, 15) is 9.59 Å². The molecule has 0 saturated heterocycles. The van der Waals surface area contributed by atoms with Crippen LogP contribution in [0.4, 0.5) is 0 Å². The van der Waals surface area contributed by atoms with E-state index in [4.69, 9.17) is 9.15 Å². The number of hydrogen-bond donors (Lipinski definition) is 0. The summed E-state index contributed by atoms with van der Waals surface area (Å²) in [4.78, 5) is 24.3. The van der Waals surface area contributed by atoms with Gasteiger partial charge in [0.05, 0.1) is 0 Å². The average Bonchev–Trinajstić information content (AvgIpc) is 2.45. The lowest BCUT2D eigenvalue weighted by Gasteiger charge is -2.06. The molecule has 0 saturated carbocycles. The number of halogens is 1. The first-order valence-corrected chi connectivity index (χ1v) is 7.75. The van der Waals surface area contributed by atoms with E-state index in [1.165, 1.54) is 6.07 Å². The lowest BCUT2D eigenvalue weighted by Crippen LogP contribution is -2.18. The Kier molecular flexibility index (Phi) is 4.05. The van der Waals surface area contributed by atoms with E-state index < -0.39 is 11.6 Å². The van der Waals surface area contributed by atoms with Gasteiger partial charge in [-0.1, -0.05) is 22.0 Å². The van der Waals surface area contributed by atoms with Crippen molar-refractivity contribution in [2.75, 3.05) is 0 Å². The molecule has 0 N–H and O–H groups in total. The monoisotopic (exact) mass is 372 g/mol. The van der Waals surface area contributed by atoms with Gasteiger partial charge in [-0.3, -0.25) is 0 Å². The molecule has 0 spiro atoms. The Bertz CT molecular complexity index is 952. The Morgan fingerprint density at radius 3 is 2.43 bits per heavy atom. The van der Waals surface area contributed by atoms with Gasteiger partial charge in [-0.15, -0.1) is 0 Å². The van der Waals surface area contributed by atoms with Gasteiger partial charge < -0.3 is 9.15 Å². The van der Waals surface area contributed by atoms with E-state index >= 15 is 0 Å². The predicted octanol–water partition coefficient (Wildman–Crippen LogP) is 4.39. The van der Waals surface area contributed by atoms with Gasteiger partial charge in [0.2, 0.25) is 0 Å². The smallest absolute Gasteiger partial charge is 0.351 e. The normalized spacial score (nSPS) is 10.7. The van der Waals surface area contributed by atoms with Gasteiger partial charge in [0.15, 0.2) is 0 Å². The molecular weight excluding hydrogens is 360 g/mol. The first kappa shape index (κ1) is 15.5. The Labute approximate surface area is 140 Å². The average molecular weight is 373 g/mol. The summed E-state index contributed by atoms with van der Waals surface area (Å²) in [7, 11) is 0. The summed E-state index contributed by atoms with van der Waals surface area (Å²) in [5.74, 6) is -0.327. The Morgan fingerprint density at radius 1 is 1.04 bits per heavy atom. The Hall–Kier alpha value is -2.40. The molecular formula is C18H13BrO4. The Morgan fingerprint density at radius 2 is 1.74 bits per heavy atom. The van der Waals surface area contributed by atoms with Crippen molar-refractivity contribution in [1.82, 2.24) is 0 Å². The highest BCUT2D eigenvalue weighted by Crippen LogP contribution is 2.21. The van der Waals surface area contributed by atoms with E-state index in [0.29, 0.717) is 16.7 Å². The molecule has 0 unspecified atom stereocenters. The molecule has 5 heteroatoms. The van der Waals surface area contributed by atoms with Gasteiger partial charge >= 0.3 is 11.6 Å². The lowest BCUT2D eigenvalue weighted by molar-refractivity contribution is 0.0730. The van der Waals surface area contributed by atoms with Gasteiger partial charge in [0.1, 0.15) is 16.9 Å². The molecule has 1 heterocycles. The zero-order chi connectivity index (χ0) is 16.6. The molecule has 116 valence electrons. The maximum atomic E-state index is 12.3. The molecule has 0 aliphatic rings. The third-order valence-corrected chi connectivity index (χ3v) is 3.81. The fraction of sp³-hybridized carbons (Fsp3) is 0.111. The largest absolute Gasteiger partial charge is 0.423 e. The van der Waals surface area contributed by atoms with Crippen LogP contribution in [0.1, 0.15) is 21.5 Å².